The lowest BCUT2D eigenvalue weighted by molar-refractivity contribution is 0.102. The number of hydrogen-bond acceptors (Lipinski definition) is 1. The van der Waals surface area contributed by atoms with Crippen molar-refractivity contribution in [3.63, 3.8) is 0 Å². The molecule has 0 saturated carbocycles. The largest absolute Gasteiger partial charge is 0.321 e. The van der Waals surface area contributed by atoms with Gasteiger partial charge >= 0.3 is 0 Å². The van der Waals surface area contributed by atoms with Crippen LogP contribution in [0.2, 0.25) is 0 Å². The van der Waals surface area contributed by atoms with E-state index < -0.39 is 0 Å². The first-order valence-corrected chi connectivity index (χ1v) is 8.25. The van der Waals surface area contributed by atoms with Crippen molar-refractivity contribution < 1.29 is 4.79 Å². The maximum Gasteiger partial charge on any atom is 0.255 e. The van der Waals surface area contributed by atoms with E-state index in [4.69, 9.17) is 0 Å². The Morgan fingerprint density at radius 3 is 2.21 bits per heavy atom. The maximum atomic E-state index is 12.4. The third-order valence-electron chi connectivity index (χ3n) is 3.40. The summed E-state index contributed by atoms with van der Waals surface area (Å²) in [6, 6.07) is 24.5. The zero-order valence-corrected chi connectivity index (χ0v) is 14.4. The molecule has 0 aliphatic carbocycles. The second-order valence-electron chi connectivity index (χ2n) is 5.12. The van der Waals surface area contributed by atoms with E-state index in [0.717, 1.165) is 15.6 Å². The molecule has 116 valence electrons. The lowest BCUT2D eigenvalue weighted by Gasteiger charge is -2.07. The van der Waals surface area contributed by atoms with Crippen LogP contribution in [-0.4, -0.2) is 5.91 Å². The minimum atomic E-state index is -0.156. The van der Waals surface area contributed by atoms with Gasteiger partial charge in [-0.2, -0.15) is 0 Å². The molecule has 3 rings (SSSR count). The summed E-state index contributed by atoms with van der Waals surface area (Å²) in [6.07, 6.45) is 0. The summed E-state index contributed by atoms with van der Waals surface area (Å²) < 4.78 is 0.938. The maximum absolute atomic E-state index is 12.4. The summed E-state index contributed by atoms with van der Waals surface area (Å²) >= 11 is 3.37. The molecule has 0 bridgehead atoms. The van der Waals surface area contributed by atoms with Crippen LogP contribution < -0.4 is 5.32 Å². The summed E-state index contributed by atoms with van der Waals surface area (Å²) in [7, 11) is 0. The number of carbonyl (C=O) groups is 1. The SMILES string of the molecule is O=C(Nc1ccccc1C#Cc1ccccc1)c1ccc(Br)cc1. The fourth-order valence-electron chi connectivity index (χ4n) is 2.16. The monoisotopic (exact) mass is 375 g/mol. The van der Waals surface area contributed by atoms with Crippen LogP contribution in [0.1, 0.15) is 21.5 Å². The van der Waals surface area contributed by atoms with Gasteiger partial charge in [0.15, 0.2) is 0 Å². The van der Waals surface area contributed by atoms with Crippen molar-refractivity contribution in [2.45, 2.75) is 0 Å². The van der Waals surface area contributed by atoms with E-state index in [0.29, 0.717) is 11.3 Å². The fourth-order valence-corrected chi connectivity index (χ4v) is 2.42. The Bertz CT molecular complexity index is 906. The molecular formula is C21H14BrNO. The van der Waals surface area contributed by atoms with Gasteiger partial charge in [0.2, 0.25) is 0 Å². The van der Waals surface area contributed by atoms with Crippen LogP contribution in [0.5, 0.6) is 0 Å². The highest BCUT2D eigenvalue weighted by atomic mass is 79.9. The zero-order valence-electron chi connectivity index (χ0n) is 12.8. The molecular weight excluding hydrogens is 362 g/mol. The van der Waals surface area contributed by atoms with Crippen molar-refractivity contribution in [1.82, 2.24) is 0 Å². The summed E-state index contributed by atoms with van der Waals surface area (Å²) in [5.74, 6) is 6.08. The fraction of sp³-hybridized carbons (Fsp3) is 0. The van der Waals surface area contributed by atoms with Crippen molar-refractivity contribution in [3.05, 3.63) is 100 Å². The Balaban J connectivity index is 1.83. The molecule has 2 nitrogen and oxygen atoms in total. The molecule has 24 heavy (non-hydrogen) atoms. The average molecular weight is 376 g/mol. The topological polar surface area (TPSA) is 29.1 Å². The molecule has 0 aliphatic heterocycles. The number of rotatable bonds is 2. The Kier molecular flexibility index (Phi) is 5.10. The Labute approximate surface area is 149 Å². The van der Waals surface area contributed by atoms with Gasteiger partial charge in [-0.3, -0.25) is 4.79 Å². The Morgan fingerprint density at radius 1 is 0.792 bits per heavy atom. The van der Waals surface area contributed by atoms with Gasteiger partial charge in [0.1, 0.15) is 0 Å². The molecule has 3 aromatic rings. The van der Waals surface area contributed by atoms with Gasteiger partial charge in [-0.1, -0.05) is 58.1 Å². The molecule has 0 radical (unpaired) electrons. The number of benzene rings is 3. The van der Waals surface area contributed by atoms with E-state index in [2.05, 4.69) is 33.1 Å². The molecule has 3 aromatic carbocycles. The van der Waals surface area contributed by atoms with Gasteiger partial charge in [0.05, 0.1) is 5.69 Å². The molecule has 0 saturated heterocycles. The van der Waals surface area contributed by atoms with Gasteiger partial charge in [-0.25, -0.2) is 0 Å². The molecule has 1 amide bonds. The second kappa shape index (κ2) is 7.63. The Morgan fingerprint density at radius 2 is 1.46 bits per heavy atom. The van der Waals surface area contributed by atoms with E-state index in [1.54, 1.807) is 12.1 Å². The lowest BCUT2D eigenvalue weighted by atomic mass is 10.1. The predicted octanol–water partition coefficient (Wildman–Crippen LogP) is 5.10. The highest BCUT2D eigenvalue weighted by molar-refractivity contribution is 9.10. The number of nitrogens with one attached hydrogen (secondary N) is 1. The average Bonchev–Trinajstić information content (AvgIpc) is 2.62. The quantitative estimate of drug-likeness (QED) is 0.620. The molecule has 0 heterocycles. The third kappa shape index (κ3) is 4.13. The molecule has 0 unspecified atom stereocenters. The van der Waals surface area contributed by atoms with E-state index in [9.17, 15) is 4.79 Å². The van der Waals surface area contributed by atoms with Crippen LogP contribution >= 0.6 is 15.9 Å². The summed E-state index contributed by atoms with van der Waals surface area (Å²) in [4.78, 5) is 12.4. The van der Waals surface area contributed by atoms with Crippen LogP contribution in [-0.2, 0) is 0 Å². The Hall–Kier alpha value is -2.83. The summed E-state index contributed by atoms with van der Waals surface area (Å²) in [5.41, 5.74) is 3.02. The minimum absolute atomic E-state index is 0.156. The lowest BCUT2D eigenvalue weighted by Crippen LogP contribution is -2.12. The van der Waals surface area contributed by atoms with Crippen molar-refractivity contribution in [1.29, 1.82) is 0 Å². The molecule has 0 aliphatic rings. The van der Waals surface area contributed by atoms with Gasteiger partial charge in [0, 0.05) is 21.2 Å². The van der Waals surface area contributed by atoms with Crippen molar-refractivity contribution in [2.24, 2.45) is 0 Å². The van der Waals surface area contributed by atoms with Gasteiger partial charge < -0.3 is 5.32 Å². The summed E-state index contributed by atoms with van der Waals surface area (Å²) in [5, 5.41) is 2.93. The number of amides is 1. The van der Waals surface area contributed by atoms with Crippen molar-refractivity contribution in [2.75, 3.05) is 5.32 Å². The minimum Gasteiger partial charge on any atom is -0.321 e. The highest BCUT2D eigenvalue weighted by Crippen LogP contribution is 2.16. The zero-order chi connectivity index (χ0) is 16.8. The standard InChI is InChI=1S/C21H14BrNO/c22-19-14-12-18(13-15-19)21(24)23-20-9-5-4-8-17(20)11-10-16-6-2-1-3-7-16/h1-9,12-15H,(H,23,24). The number of hydrogen-bond donors (Lipinski definition) is 1. The second-order valence-corrected chi connectivity index (χ2v) is 6.04. The normalized spacial score (nSPS) is 9.71. The van der Waals surface area contributed by atoms with E-state index in [1.165, 1.54) is 0 Å². The van der Waals surface area contributed by atoms with E-state index in [1.807, 2.05) is 66.7 Å². The van der Waals surface area contributed by atoms with Crippen LogP contribution in [0.25, 0.3) is 0 Å². The molecule has 0 spiro atoms. The summed E-state index contributed by atoms with van der Waals surface area (Å²) in [6.45, 7) is 0. The smallest absolute Gasteiger partial charge is 0.255 e. The number of para-hydroxylation sites is 1. The first kappa shape index (κ1) is 16.0. The van der Waals surface area contributed by atoms with Crippen LogP contribution in [0, 0.1) is 11.8 Å². The first-order chi connectivity index (χ1) is 11.7. The van der Waals surface area contributed by atoms with E-state index in [-0.39, 0.29) is 5.91 Å². The van der Waals surface area contributed by atoms with Gasteiger partial charge in [-0.05, 0) is 48.5 Å². The molecule has 0 fully saturated rings. The number of anilines is 1. The predicted molar refractivity (Wildman–Crippen MR) is 101 cm³/mol. The number of carbonyl (C=O) groups excluding carboxylic acids is 1. The molecule has 0 atom stereocenters. The van der Waals surface area contributed by atoms with Crippen molar-refractivity contribution in [3.8, 4) is 11.8 Å². The third-order valence-corrected chi connectivity index (χ3v) is 3.93. The van der Waals surface area contributed by atoms with Gasteiger partial charge in [0.25, 0.3) is 5.91 Å². The molecule has 1 N–H and O–H groups in total. The van der Waals surface area contributed by atoms with E-state index >= 15 is 0 Å². The molecule has 3 heteroatoms. The van der Waals surface area contributed by atoms with Crippen molar-refractivity contribution >= 4 is 27.5 Å². The number of halogens is 1. The van der Waals surface area contributed by atoms with Crippen LogP contribution in [0.3, 0.4) is 0 Å². The van der Waals surface area contributed by atoms with Crippen LogP contribution in [0.4, 0.5) is 5.69 Å². The van der Waals surface area contributed by atoms with Crippen LogP contribution in [0.15, 0.2) is 83.3 Å². The molecule has 0 aromatic heterocycles. The first-order valence-electron chi connectivity index (χ1n) is 7.45. The van der Waals surface area contributed by atoms with Gasteiger partial charge in [-0.15, -0.1) is 0 Å². The highest BCUT2D eigenvalue weighted by Gasteiger charge is 2.07.